The van der Waals surface area contributed by atoms with Crippen molar-refractivity contribution in [2.45, 2.75) is 38.8 Å². The first-order chi connectivity index (χ1) is 8.66. The van der Waals surface area contributed by atoms with Gasteiger partial charge in [-0.05, 0) is 25.3 Å². The van der Waals surface area contributed by atoms with Gasteiger partial charge >= 0.3 is 0 Å². The highest BCUT2D eigenvalue weighted by atomic mass is 16.1. The van der Waals surface area contributed by atoms with E-state index in [1.807, 2.05) is 11.6 Å². The lowest BCUT2D eigenvalue weighted by atomic mass is 9.90. The van der Waals surface area contributed by atoms with E-state index in [2.05, 4.69) is 27.8 Å². The Bertz CT molecular complexity index is 403. The number of rotatable bonds is 4. The highest BCUT2D eigenvalue weighted by molar-refractivity contribution is 5.76. The number of aromatic nitrogens is 3. The van der Waals surface area contributed by atoms with Crippen LogP contribution < -0.4 is 10.6 Å². The second kappa shape index (κ2) is 5.95. The van der Waals surface area contributed by atoms with Crippen molar-refractivity contribution in [3.63, 3.8) is 0 Å². The van der Waals surface area contributed by atoms with Crippen molar-refractivity contribution >= 4 is 5.91 Å². The van der Waals surface area contributed by atoms with Gasteiger partial charge < -0.3 is 15.2 Å². The summed E-state index contributed by atoms with van der Waals surface area (Å²) in [5.41, 5.74) is 0. The zero-order chi connectivity index (χ0) is 13.0. The number of aryl methyl sites for hydroxylation is 1. The van der Waals surface area contributed by atoms with Crippen LogP contribution in [0.15, 0.2) is 6.33 Å². The minimum Gasteiger partial charge on any atom is -0.349 e. The number of nitrogens with zero attached hydrogens (tertiary/aromatic N) is 3. The zero-order valence-electron chi connectivity index (χ0n) is 11.0. The molecule has 2 rings (SSSR count). The first-order valence-electron chi connectivity index (χ1n) is 6.50. The molecule has 2 unspecified atom stereocenters. The van der Waals surface area contributed by atoms with Gasteiger partial charge in [0.1, 0.15) is 6.33 Å². The molecule has 2 heterocycles. The lowest BCUT2D eigenvalue weighted by Gasteiger charge is -2.29. The van der Waals surface area contributed by atoms with Crippen LogP contribution in [0, 0.1) is 5.92 Å². The van der Waals surface area contributed by atoms with Gasteiger partial charge in [-0.3, -0.25) is 4.79 Å². The smallest absolute Gasteiger partial charge is 0.221 e. The maximum atomic E-state index is 11.9. The predicted octanol–water partition coefficient (Wildman–Crippen LogP) is 0.210. The first-order valence-corrected chi connectivity index (χ1v) is 6.50. The van der Waals surface area contributed by atoms with Gasteiger partial charge in [0.05, 0.1) is 6.54 Å². The minimum absolute atomic E-state index is 0.0734. The van der Waals surface area contributed by atoms with Crippen LogP contribution >= 0.6 is 0 Å². The van der Waals surface area contributed by atoms with E-state index in [1.165, 1.54) is 12.8 Å². The topological polar surface area (TPSA) is 71.8 Å². The van der Waals surface area contributed by atoms with Crippen molar-refractivity contribution in [3.05, 3.63) is 12.2 Å². The summed E-state index contributed by atoms with van der Waals surface area (Å²) in [7, 11) is 1.87. The van der Waals surface area contributed by atoms with Gasteiger partial charge in [-0.25, -0.2) is 0 Å². The summed E-state index contributed by atoms with van der Waals surface area (Å²) < 4.78 is 1.81. The number of piperidine rings is 1. The average Bonchev–Trinajstić information content (AvgIpc) is 2.75. The summed E-state index contributed by atoms with van der Waals surface area (Å²) in [4.78, 5) is 11.9. The Hall–Kier alpha value is -1.43. The Kier molecular flexibility index (Phi) is 4.30. The maximum absolute atomic E-state index is 11.9. The molecule has 1 aliphatic rings. The standard InChI is InChI=1S/C12H21N5O/c1-9-4-3-5-13-10(9)6-12(18)14-7-11-16-15-8-17(11)2/h8-10,13H,3-7H2,1-2H3,(H,14,18). The lowest BCUT2D eigenvalue weighted by Crippen LogP contribution is -2.43. The predicted molar refractivity (Wildman–Crippen MR) is 67.7 cm³/mol. The van der Waals surface area contributed by atoms with Crippen molar-refractivity contribution < 1.29 is 4.79 Å². The van der Waals surface area contributed by atoms with Gasteiger partial charge in [0.15, 0.2) is 5.82 Å². The van der Waals surface area contributed by atoms with Crippen LogP contribution in [0.25, 0.3) is 0 Å². The SMILES string of the molecule is CC1CCCNC1CC(=O)NCc1nncn1C. The van der Waals surface area contributed by atoms with Crippen LogP contribution in [-0.4, -0.2) is 33.3 Å². The number of amides is 1. The summed E-state index contributed by atoms with van der Waals surface area (Å²) in [6.07, 6.45) is 4.58. The molecule has 0 saturated carbocycles. The molecule has 0 aliphatic carbocycles. The van der Waals surface area contributed by atoms with E-state index in [4.69, 9.17) is 0 Å². The molecule has 1 amide bonds. The molecule has 100 valence electrons. The second-order valence-corrected chi connectivity index (χ2v) is 5.02. The molecular weight excluding hydrogens is 230 g/mol. The number of hydrogen-bond acceptors (Lipinski definition) is 4. The highest BCUT2D eigenvalue weighted by Crippen LogP contribution is 2.17. The fourth-order valence-corrected chi connectivity index (χ4v) is 2.30. The highest BCUT2D eigenvalue weighted by Gasteiger charge is 2.23. The molecule has 1 aliphatic heterocycles. The van der Waals surface area contributed by atoms with Gasteiger partial charge in [0, 0.05) is 19.5 Å². The fraction of sp³-hybridized carbons (Fsp3) is 0.750. The van der Waals surface area contributed by atoms with E-state index in [9.17, 15) is 4.79 Å². The molecule has 1 saturated heterocycles. The molecule has 18 heavy (non-hydrogen) atoms. The monoisotopic (exact) mass is 251 g/mol. The molecule has 2 N–H and O–H groups in total. The molecule has 6 nitrogen and oxygen atoms in total. The molecule has 0 radical (unpaired) electrons. The second-order valence-electron chi connectivity index (χ2n) is 5.02. The molecule has 1 aromatic rings. The van der Waals surface area contributed by atoms with Crippen LogP contribution in [0.3, 0.4) is 0 Å². The largest absolute Gasteiger partial charge is 0.349 e. The molecule has 1 aromatic heterocycles. The third kappa shape index (κ3) is 3.29. The summed E-state index contributed by atoms with van der Waals surface area (Å²) in [5.74, 6) is 1.41. The first kappa shape index (κ1) is 13.0. The van der Waals surface area contributed by atoms with Crippen molar-refractivity contribution in [1.29, 1.82) is 0 Å². The van der Waals surface area contributed by atoms with Crippen LogP contribution in [0.2, 0.25) is 0 Å². The lowest BCUT2D eigenvalue weighted by molar-refractivity contribution is -0.122. The third-order valence-electron chi connectivity index (χ3n) is 3.58. The minimum atomic E-state index is 0.0734. The Balaban J connectivity index is 1.76. The van der Waals surface area contributed by atoms with E-state index in [0.29, 0.717) is 24.9 Å². The van der Waals surface area contributed by atoms with Crippen molar-refractivity contribution in [3.8, 4) is 0 Å². The van der Waals surface area contributed by atoms with Crippen LogP contribution in [0.4, 0.5) is 0 Å². The van der Waals surface area contributed by atoms with Crippen LogP contribution in [0.5, 0.6) is 0 Å². The third-order valence-corrected chi connectivity index (χ3v) is 3.58. The van der Waals surface area contributed by atoms with Gasteiger partial charge in [-0.15, -0.1) is 10.2 Å². The number of nitrogens with one attached hydrogen (secondary N) is 2. The fourth-order valence-electron chi connectivity index (χ4n) is 2.30. The Morgan fingerprint density at radius 2 is 2.50 bits per heavy atom. The van der Waals surface area contributed by atoms with Crippen LogP contribution in [-0.2, 0) is 18.4 Å². The average molecular weight is 251 g/mol. The van der Waals surface area contributed by atoms with Gasteiger partial charge in [0.25, 0.3) is 0 Å². The Labute approximate surface area is 107 Å². The summed E-state index contributed by atoms with van der Waals surface area (Å²) in [6, 6.07) is 0.304. The molecule has 0 aromatic carbocycles. The van der Waals surface area contributed by atoms with E-state index in [1.54, 1.807) is 6.33 Å². The zero-order valence-corrected chi connectivity index (χ0v) is 11.0. The van der Waals surface area contributed by atoms with Crippen molar-refractivity contribution in [1.82, 2.24) is 25.4 Å². The van der Waals surface area contributed by atoms with Gasteiger partial charge in [0.2, 0.25) is 5.91 Å². The number of carbonyl (C=O) groups is 1. The molecular formula is C12H21N5O. The molecule has 6 heteroatoms. The summed E-state index contributed by atoms with van der Waals surface area (Å²) in [6.45, 7) is 3.66. The van der Waals surface area contributed by atoms with Gasteiger partial charge in [-0.1, -0.05) is 6.92 Å². The van der Waals surface area contributed by atoms with E-state index < -0.39 is 0 Å². The van der Waals surface area contributed by atoms with Crippen molar-refractivity contribution in [2.24, 2.45) is 13.0 Å². The van der Waals surface area contributed by atoms with E-state index in [-0.39, 0.29) is 5.91 Å². The van der Waals surface area contributed by atoms with Gasteiger partial charge in [-0.2, -0.15) is 0 Å². The quantitative estimate of drug-likeness (QED) is 0.802. The maximum Gasteiger partial charge on any atom is 0.221 e. The summed E-state index contributed by atoms with van der Waals surface area (Å²) in [5, 5.41) is 14.0. The van der Waals surface area contributed by atoms with Crippen molar-refractivity contribution in [2.75, 3.05) is 6.54 Å². The Morgan fingerprint density at radius 3 is 3.17 bits per heavy atom. The number of carbonyl (C=O) groups excluding carboxylic acids is 1. The molecule has 0 spiro atoms. The van der Waals surface area contributed by atoms with Crippen LogP contribution in [0.1, 0.15) is 32.0 Å². The normalized spacial score (nSPS) is 23.9. The molecule has 1 fully saturated rings. The Morgan fingerprint density at radius 1 is 1.67 bits per heavy atom. The van der Waals surface area contributed by atoms with E-state index in [0.717, 1.165) is 12.4 Å². The van der Waals surface area contributed by atoms with E-state index >= 15 is 0 Å². The molecule has 2 atom stereocenters. The molecule has 0 bridgehead atoms. The summed E-state index contributed by atoms with van der Waals surface area (Å²) >= 11 is 0. The number of hydrogen-bond donors (Lipinski definition) is 2.